The van der Waals surface area contributed by atoms with Crippen LogP contribution in [0.3, 0.4) is 0 Å². The van der Waals surface area contributed by atoms with Gasteiger partial charge in [0.2, 0.25) is 0 Å². The van der Waals surface area contributed by atoms with Crippen molar-refractivity contribution in [2.24, 2.45) is 5.73 Å². The summed E-state index contributed by atoms with van der Waals surface area (Å²) in [5.74, 6) is 0. The number of nitrogens with two attached hydrogens (primary N) is 1. The van der Waals surface area contributed by atoms with Gasteiger partial charge in [0.15, 0.2) is 0 Å². The molecule has 0 saturated heterocycles. The van der Waals surface area contributed by atoms with E-state index in [0.717, 1.165) is 19.3 Å². The molecule has 2 nitrogen and oxygen atoms in total. The van der Waals surface area contributed by atoms with Crippen LogP contribution in [0.5, 0.6) is 0 Å². The summed E-state index contributed by atoms with van der Waals surface area (Å²) < 4.78 is 2.36. The molecule has 2 heterocycles. The molecule has 2 aromatic rings. The molecule has 2 N–H and O–H groups in total. The molecule has 0 bridgehead atoms. The van der Waals surface area contributed by atoms with Gasteiger partial charge < -0.3 is 10.1 Å². The molecule has 0 aromatic carbocycles. The molecule has 0 aliphatic rings. The van der Waals surface area contributed by atoms with E-state index in [9.17, 15) is 0 Å². The zero-order chi connectivity index (χ0) is 13.1. The van der Waals surface area contributed by atoms with Crippen molar-refractivity contribution in [1.29, 1.82) is 0 Å². The van der Waals surface area contributed by atoms with Crippen LogP contribution in [0.4, 0.5) is 0 Å². The minimum atomic E-state index is 0.219. The first-order valence-electron chi connectivity index (χ1n) is 7.04. The van der Waals surface area contributed by atoms with Gasteiger partial charge in [0.05, 0.1) is 0 Å². The van der Waals surface area contributed by atoms with Gasteiger partial charge in [-0.15, -0.1) is 0 Å². The summed E-state index contributed by atoms with van der Waals surface area (Å²) in [4.78, 5) is 0. The largest absolute Gasteiger partial charge is 0.328 e. The van der Waals surface area contributed by atoms with Crippen LogP contribution in [0.25, 0.3) is 5.52 Å². The van der Waals surface area contributed by atoms with Gasteiger partial charge in [0, 0.05) is 23.4 Å². The van der Waals surface area contributed by atoms with Crippen molar-refractivity contribution in [3.63, 3.8) is 0 Å². The van der Waals surface area contributed by atoms with Crippen LogP contribution >= 0.6 is 0 Å². The second-order valence-electron chi connectivity index (χ2n) is 5.14. The second-order valence-corrected chi connectivity index (χ2v) is 5.14. The number of nitrogens with zero attached hydrogens (tertiary/aromatic N) is 1. The van der Waals surface area contributed by atoms with Crippen molar-refractivity contribution < 1.29 is 0 Å². The highest BCUT2D eigenvalue weighted by Crippen LogP contribution is 2.26. The normalized spacial score (nSPS) is 13.1. The fourth-order valence-corrected chi connectivity index (χ4v) is 2.87. The third kappa shape index (κ3) is 2.30. The Morgan fingerprint density at radius 1 is 1.22 bits per heavy atom. The highest BCUT2D eigenvalue weighted by Gasteiger charge is 2.16. The molecule has 2 rings (SSSR count). The summed E-state index contributed by atoms with van der Waals surface area (Å²) in [6, 6.07) is 6.67. The van der Waals surface area contributed by atoms with E-state index in [1.54, 1.807) is 0 Å². The molecular weight excluding hydrogens is 220 g/mol. The molecule has 0 radical (unpaired) electrons. The van der Waals surface area contributed by atoms with Crippen LogP contribution in [-0.4, -0.2) is 10.4 Å². The summed E-state index contributed by atoms with van der Waals surface area (Å²) in [7, 11) is 0. The number of rotatable bonds is 5. The number of aryl methyl sites for hydroxylation is 1. The number of fused-ring (bicyclic) bond motifs is 1. The van der Waals surface area contributed by atoms with Crippen molar-refractivity contribution in [3.8, 4) is 0 Å². The lowest BCUT2D eigenvalue weighted by molar-refractivity contribution is 0.735. The Balaban J connectivity index is 2.65. The van der Waals surface area contributed by atoms with Gasteiger partial charge in [-0.2, -0.15) is 0 Å². The van der Waals surface area contributed by atoms with Gasteiger partial charge in [0.25, 0.3) is 0 Å². The predicted molar refractivity (Wildman–Crippen MR) is 78.1 cm³/mol. The smallest absolute Gasteiger partial charge is 0.0488 e. The van der Waals surface area contributed by atoms with E-state index in [4.69, 9.17) is 5.73 Å². The Hall–Kier alpha value is -1.28. The highest BCUT2D eigenvalue weighted by atomic mass is 14.9. The molecule has 2 aromatic heterocycles. The van der Waals surface area contributed by atoms with Crippen LogP contribution in [0.2, 0.25) is 0 Å². The molecule has 0 aliphatic heterocycles. The van der Waals surface area contributed by atoms with E-state index in [2.05, 4.69) is 49.6 Å². The van der Waals surface area contributed by atoms with Gasteiger partial charge in [-0.1, -0.05) is 26.3 Å². The predicted octanol–water partition coefficient (Wildman–Crippen LogP) is 3.34. The Labute approximate surface area is 110 Å². The number of hydrogen-bond donors (Lipinski definition) is 1. The molecule has 0 aliphatic carbocycles. The van der Waals surface area contributed by atoms with Gasteiger partial charge in [0.1, 0.15) is 0 Å². The Bertz CT molecular complexity index is 523. The Morgan fingerprint density at radius 2 is 2.00 bits per heavy atom. The first-order chi connectivity index (χ1) is 8.69. The minimum Gasteiger partial charge on any atom is -0.328 e. The number of hydrogen-bond acceptors (Lipinski definition) is 1. The highest BCUT2D eigenvalue weighted by molar-refractivity contribution is 5.62. The molecule has 0 amide bonds. The van der Waals surface area contributed by atoms with Crippen LogP contribution in [0, 0.1) is 0 Å². The molecular formula is C16H24N2. The summed E-state index contributed by atoms with van der Waals surface area (Å²) in [5, 5.41) is 0. The first kappa shape index (κ1) is 13.2. The van der Waals surface area contributed by atoms with Crippen molar-refractivity contribution >= 4 is 5.52 Å². The molecule has 0 saturated carbocycles. The van der Waals surface area contributed by atoms with Crippen molar-refractivity contribution in [2.45, 2.75) is 52.5 Å². The van der Waals surface area contributed by atoms with Gasteiger partial charge >= 0.3 is 0 Å². The second kappa shape index (κ2) is 5.57. The topological polar surface area (TPSA) is 30.4 Å². The lowest BCUT2D eigenvalue weighted by atomic mass is 9.99. The SMILES string of the molecule is CCCc1c(CC)c(C[C@H](C)N)c2ccccn12. The summed E-state index contributed by atoms with van der Waals surface area (Å²) in [5.41, 5.74) is 11.8. The Kier molecular flexibility index (Phi) is 4.07. The van der Waals surface area contributed by atoms with E-state index in [0.29, 0.717) is 0 Å². The zero-order valence-electron chi connectivity index (χ0n) is 11.7. The summed E-state index contributed by atoms with van der Waals surface area (Å²) in [6.07, 6.45) is 6.59. The van der Waals surface area contributed by atoms with E-state index >= 15 is 0 Å². The lowest BCUT2D eigenvalue weighted by Crippen LogP contribution is -2.18. The van der Waals surface area contributed by atoms with Crippen molar-refractivity contribution in [2.75, 3.05) is 0 Å². The van der Waals surface area contributed by atoms with Crippen molar-refractivity contribution in [3.05, 3.63) is 41.2 Å². The van der Waals surface area contributed by atoms with E-state index < -0.39 is 0 Å². The maximum Gasteiger partial charge on any atom is 0.0488 e. The zero-order valence-corrected chi connectivity index (χ0v) is 11.7. The summed E-state index contributed by atoms with van der Waals surface area (Å²) >= 11 is 0. The number of pyridine rings is 1. The van der Waals surface area contributed by atoms with Crippen LogP contribution < -0.4 is 5.73 Å². The lowest BCUT2D eigenvalue weighted by Gasteiger charge is -2.07. The molecule has 1 atom stereocenters. The van der Waals surface area contributed by atoms with Crippen LogP contribution in [-0.2, 0) is 19.3 Å². The molecule has 18 heavy (non-hydrogen) atoms. The maximum absolute atomic E-state index is 6.01. The van der Waals surface area contributed by atoms with Crippen LogP contribution in [0.15, 0.2) is 24.4 Å². The maximum atomic E-state index is 6.01. The number of aromatic nitrogens is 1. The third-order valence-electron chi connectivity index (χ3n) is 3.54. The molecule has 98 valence electrons. The monoisotopic (exact) mass is 244 g/mol. The molecule has 0 spiro atoms. The average Bonchev–Trinajstić information content (AvgIpc) is 2.64. The van der Waals surface area contributed by atoms with Gasteiger partial charge in [-0.05, 0) is 49.4 Å². The van der Waals surface area contributed by atoms with E-state index in [1.165, 1.54) is 28.8 Å². The van der Waals surface area contributed by atoms with Crippen molar-refractivity contribution in [1.82, 2.24) is 4.40 Å². The van der Waals surface area contributed by atoms with E-state index in [1.807, 2.05) is 0 Å². The van der Waals surface area contributed by atoms with Crippen LogP contribution in [0.1, 0.15) is 44.0 Å². The average molecular weight is 244 g/mol. The quantitative estimate of drug-likeness (QED) is 0.859. The Morgan fingerprint density at radius 3 is 2.61 bits per heavy atom. The van der Waals surface area contributed by atoms with Gasteiger partial charge in [-0.25, -0.2) is 0 Å². The standard InChI is InChI=1S/C16H24N2/c1-4-8-15-13(5-2)14(11-12(3)17)16-9-6-7-10-18(15)16/h6-7,9-10,12H,4-5,8,11,17H2,1-3H3/t12-/m0/s1. The minimum absolute atomic E-state index is 0.219. The first-order valence-corrected chi connectivity index (χ1v) is 7.04. The third-order valence-corrected chi connectivity index (χ3v) is 3.54. The van der Waals surface area contributed by atoms with E-state index in [-0.39, 0.29) is 6.04 Å². The fourth-order valence-electron chi connectivity index (χ4n) is 2.87. The molecule has 0 fully saturated rings. The molecule has 0 unspecified atom stereocenters. The van der Waals surface area contributed by atoms with Gasteiger partial charge in [-0.3, -0.25) is 0 Å². The molecule has 2 heteroatoms. The fraction of sp³-hybridized carbons (Fsp3) is 0.500. The summed E-state index contributed by atoms with van der Waals surface area (Å²) in [6.45, 7) is 6.58.